The van der Waals surface area contributed by atoms with Crippen LogP contribution in [-0.2, 0) is 24.8 Å². The lowest BCUT2D eigenvalue weighted by atomic mass is 10.1. The van der Waals surface area contributed by atoms with E-state index in [4.69, 9.17) is 0 Å². The van der Waals surface area contributed by atoms with E-state index in [1.54, 1.807) is 14.0 Å². The molecule has 0 spiro atoms. The van der Waals surface area contributed by atoms with Gasteiger partial charge in [0.05, 0.1) is 5.25 Å². The Labute approximate surface area is 188 Å². The van der Waals surface area contributed by atoms with E-state index in [-0.39, 0.29) is 16.7 Å². The predicted octanol–water partition coefficient (Wildman–Crippen LogP) is 4.23. The summed E-state index contributed by atoms with van der Waals surface area (Å²) in [6.45, 7) is 5.00. The lowest BCUT2D eigenvalue weighted by molar-refractivity contribution is -0.131. The largest absolute Gasteiger partial charge is 0.337 e. The molecule has 1 atom stereocenters. The summed E-state index contributed by atoms with van der Waals surface area (Å²) < 4.78 is 1.51. The predicted molar refractivity (Wildman–Crippen MR) is 126 cm³/mol. The first-order chi connectivity index (χ1) is 15.0. The summed E-state index contributed by atoms with van der Waals surface area (Å²) in [6, 6.07) is 21.8. The van der Waals surface area contributed by atoms with Gasteiger partial charge in [0.25, 0.3) is 5.56 Å². The van der Waals surface area contributed by atoms with Crippen LogP contribution in [0.2, 0.25) is 0 Å². The summed E-state index contributed by atoms with van der Waals surface area (Å²) >= 11 is 1.37. The van der Waals surface area contributed by atoms with E-state index in [1.807, 2.05) is 60.4 Å². The van der Waals surface area contributed by atoms with Gasteiger partial charge in [0, 0.05) is 31.9 Å². The number of benzene rings is 2. The van der Waals surface area contributed by atoms with Crippen molar-refractivity contribution in [1.82, 2.24) is 14.5 Å². The second-order valence-corrected chi connectivity index (χ2v) is 8.74. The highest BCUT2D eigenvalue weighted by Crippen LogP contribution is 2.25. The minimum Gasteiger partial charge on any atom is -0.337 e. The van der Waals surface area contributed by atoms with E-state index in [2.05, 4.69) is 17.1 Å². The number of rotatable bonds is 9. The van der Waals surface area contributed by atoms with Gasteiger partial charge in [-0.2, -0.15) is 0 Å². The van der Waals surface area contributed by atoms with Gasteiger partial charge in [0.2, 0.25) is 5.91 Å². The quantitative estimate of drug-likeness (QED) is 0.373. The normalized spacial score (nSPS) is 11.8. The third-order valence-electron chi connectivity index (χ3n) is 5.16. The maximum Gasteiger partial charge on any atom is 0.254 e. The molecule has 3 rings (SSSR count). The molecule has 0 aliphatic heterocycles. The summed E-state index contributed by atoms with van der Waals surface area (Å²) in [6.07, 6.45) is 1.45. The molecule has 3 aromatic rings. The highest BCUT2D eigenvalue weighted by atomic mass is 32.2. The highest BCUT2D eigenvalue weighted by Gasteiger charge is 2.25. The molecule has 1 aromatic heterocycles. The number of hydrogen-bond acceptors (Lipinski definition) is 4. The minimum absolute atomic E-state index is 0.0723. The van der Waals surface area contributed by atoms with Crippen LogP contribution in [0.5, 0.6) is 0 Å². The fraction of sp³-hybridized carbons (Fsp3) is 0.320. The molecule has 2 aromatic carbocycles. The van der Waals surface area contributed by atoms with Crippen LogP contribution >= 0.6 is 11.8 Å². The van der Waals surface area contributed by atoms with Crippen LogP contribution in [0.15, 0.2) is 76.7 Å². The monoisotopic (exact) mass is 435 g/mol. The van der Waals surface area contributed by atoms with Crippen LogP contribution in [0, 0.1) is 6.92 Å². The van der Waals surface area contributed by atoms with Gasteiger partial charge in [-0.3, -0.25) is 14.2 Å². The third kappa shape index (κ3) is 6.31. The Hall–Kier alpha value is -2.86. The van der Waals surface area contributed by atoms with E-state index < -0.39 is 0 Å². The van der Waals surface area contributed by atoms with Crippen molar-refractivity contribution >= 4 is 17.7 Å². The fourth-order valence-corrected chi connectivity index (χ4v) is 4.47. The maximum absolute atomic E-state index is 13.6. The Morgan fingerprint density at radius 2 is 1.68 bits per heavy atom. The molecular weight excluding hydrogens is 406 g/mol. The molecule has 0 aliphatic rings. The number of aryl methyl sites for hydroxylation is 1. The van der Waals surface area contributed by atoms with Crippen molar-refractivity contribution in [3.05, 3.63) is 93.9 Å². The molecule has 0 saturated carbocycles. The van der Waals surface area contributed by atoms with Crippen molar-refractivity contribution in [1.29, 1.82) is 0 Å². The van der Waals surface area contributed by atoms with Crippen LogP contribution in [0.25, 0.3) is 0 Å². The number of carbonyl (C=O) groups is 1. The zero-order valence-electron chi connectivity index (χ0n) is 18.3. The Balaban J connectivity index is 1.81. The molecule has 0 saturated heterocycles. The molecule has 0 radical (unpaired) electrons. The van der Waals surface area contributed by atoms with Gasteiger partial charge >= 0.3 is 0 Å². The summed E-state index contributed by atoms with van der Waals surface area (Å²) in [5.41, 5.74) is 2.86. The maximum atomic E-state index is 13.6. The zero-order chi connectivity index (χ0) is 22.2. The average molecular weight is 436 g/mol. The Morgan fingerprint density at radius 1 is 1.06 bits per heavy atom. The number of carbonyl (C=O) groups excluding carboxylic acids is 1. The summed E-state index contributed by atoms with van der Waals surface area (Å²) in [5, 5.41) is 0.271. The van der Waals surface area contributed by atoms with Crippen molar-refractivity contribution in [2.75, 3.05) is 6.54 Å². The van der Waals surface area contributed by atoms with Gasteiger partial charge in [-0.05, 0) is 30.9 Å². The average Bonchev–Trinajstić information content (AvgIpc) is 2.79. The summed E-state index contributed by atoms with van der Waals surface area (Å²) in [5.74, 6) is 0.0723. The zero-order valence-corrected chi connectivity index (χ0v) is 19.1. The van der Waals surface area contributed by atoms with E-state index in [9.17, 15) is 9.59 Å². The SMILES string of the molecule is CCC(Sc1nc(C)cc(=O)n1C)C(=O)N(CCc1ccccc1)Cc1ccccc1. The minimum atomic E-state index is -0.306. The number of aromatic nitrogens is 2. The van der Waals surface area contributed by atoms with Gasteiger partial charge in [-0.1, -0.05) is 79.3 Å². The molecule has 5 nitrogen and oxygen atoms in total. The first-order valence-corrected chi connectivity index (χ1v) is 11.4. The van der Waals surface area contributed by atoms with E-state index in [1.165, 1.54) is 28.0 Å². The molecule has 0 bridgehead atoms. The first kappa shape index (κ1) is 22.8. The van der Waals surface area contributed by atoms with Crippen LogP contribution in [-0.4, -0.2) is 32.2 Å². The van der Waals surface area contributed by atoms with Crippen LogP contribution in [0.1, 0.15) is 30.2 Å². The molecule has 1 amide bonds. The number of hydrogen-bond donors (Lipinski definition) is 0. The molecule has 6 heteroatoms. The van der Waals surface area contributed by atoms with Crippen molar-refractivity contribution in [3.8, 4) is 0 Å². The molecule has 162 valence electrons. The van der Waals surface area contributed by atoms with Crippen molar-refractivity contribution in [3.63, 3.8) is 0 Å². The molecule has 0 fully saturated rings. The van der Waals surface area contributed by atoms with E-state index in [0.29, 0.717) is 30.4 Å². The first-order valence-electron chi connectivity index (χ1n) is 10.6. The van der Waals surface area contributed by atoms with Gasteiger partial charge in [0.1, 0.15) is 0 Å². The van der Waals surface area contributed by atoms with Crippen LogP contribution in [0.4, 0.5) is 0 Å². The number of amides is 1. The molecular formula is C25H29N3O2S. The molecule has 1 heterocycles. The molecule has 1 unspecified atom stereocenters. The fourth-order valence-electron chi connectivity index (χ4n) is 3.35. The van der Waals surface area contributed by atoms with E-state index >= 15 is 0 Å². The van der Waals surface area contributed by atoms with E-state index in [0.717, 1.165) is 12.0 Å². The van der Waals surface area contributed by atoms with Crippen LogP contribution < -0.4 is 5.56 Å². The van der Waals surface area contributed by atoms with Gasteiger partial charge in [0.15, 0.2) is 5.16 Å². The second-order valence-electron chi connectivity index (χ2n) is 7.57. The Kier molecular flexibility index (Phi) is 8.06. The van der Waals surface area contributed by atoms with Crippen molar-refractivity contribution in [2.45, 2.75) is 43.6 Å². The van der Waals surface area contributed by atoms with Gasteiger partial charge in [-0.15, -0.1) is 0 Å². The Morgan fingerprint density at radius 3 is 2.29 bits per heavy atom. The standard InChI is InChI=1S/C25H29N3O2S/c1-4-22(31-25-26-19(2)17-23(29)27(25)3)24(30)28(18-21-13-9-6-10-14-21)16-15-20-11-7-5-8-12-20/h5-14,17,22H,4,15-16,18H2,1-3H3. The van der Waals surface area contributed by atoms with Gasteiger partial charge in [-0.25, -0.2) is 4.98 Å². The third-order valence-corrected chi connectivity index (χ3v) is 6.55. The molecule has 0 N–H and O–H groups in total. The highest BCUT2D eigenvalue weighted by molar-refractivity contribution is 8.00. The second kappa shape index (κ2) is 11.0. The summed E-state index contributed by atoms with van der Waals surface area (Å²) in [7, 11) is 1.70. The number of nitrogens with zero attached hydrogens (tertiary/aromatic N) is 3. The number of thioether (sulfide) groups is 1. The van der Waals surface area contributed by atoms with Gasteiger partial charge < -0.3 is 4.90 Å². The molecule has 0 aliphatic carbocycles. The topological polar surface area (TPSA) is 55.2 Å². The lowest BCUT2D eigenvalue weighted by Gasteiger charge is -2.27. The van der Waals surface area contributed by atoms with Crippen LogP contribution in [0.3, 0.4) is 0 Å². The molecule has 31 heavy (non-hydrogen) atoms. The van der Waals surface area contributed by atoms with Crippen molar-refractivity contribution < 1.29 is 4.79 Å². The lowest BCUT2D eigenvalue weighted by Crippen LogP contribution is -2.39. The Bertz CT molecular complexity index is 1050. The smallest absolute Gasteiger partial charge is 0.254 e. The summed E-state index contributed by atoms with van der Waals surface area (Å²) in [4.78, 5) is 32.1. The van der Waals surface area contributed by atoms with Crippen molar-refractivity contribution in [2.24, 2.45) is 7.05 Å².